The van der Waals surface area contributed by atoms with E-state index in [4.69, 9.17) is 0 Å². The molecule has 1 aromatic rings. The molecule has 1 aromatic heterocycles. The molecule has 0 radical (unpaired) electrons. The fraction of sp³-hybridized carbons (Fsp3) is 0.706. The quantitative estimate of drug-likeness (QED) is 0.887. The third-order valence-corrected chi connectivity index (χ3v) is 6.85. The van der Waals surface area contributed by atoms with E-state index in [1.54, 1.807) is 0 Å². The maximum atomic E-state index is 12.7. The average molecular weight is 337 g/mol. The van der Waals surface area contributed by atoms with Crippen LogP contribution in [0.5, 0.6) is 0 Å². The fourth-order valence-electron chi connectivity index (χ4n) is 3.89. The van der Waals surface area contributed by atoms with Crippen molar-refractivity contribution in [1.29, 1.82) is 0 Å². The molecule has 1 aliphatic carbocycles. The number of aromatic nitrogens is 1. The highest BCUT2D eigenvalue weighted by molar-refractivity contribution is 7.85. The van der Waals surface area contributed by atoms with Crippen LogP contribution >= 0.6 is 0 Å². The second-order valence-electron chi connectivity index (χ2n) is 6.58. The molecule has 1 saturated heterocycles. The second-order valence-corrected chi connectivity index (χ2v) is 8.59. The highest BCUT2D eigenvalue weighted by Gasteiger charge is 2.33. The van der Waals surface area contributed by atoms with Crippen molar-refractivity contribution in [3.63, 3.8) is 0 Å². The lowest BCUT2D eigenvalue weighted by Gasteiger charge is -2.32. The van der Waals surface area contributed by atoms with Gasteiger partial charge in [-0.1, -0.05) is 13.3 Å². The third kappa shape index (κ3) is 3.79. The van der Waals surface area contributed by atoms with Crippen LogP contribution in [0.4, 0.5) is 4.79 Å². The van der Waals surface area contributed by atoms with Crippen LogP contribution < -0.4 is 5.32 Å². The Morgan fingerprint density at radius 3 is 3.00 bits per heavy atom. The minimum atomic E-state index is -0.752. The lowest BCUT2D eigenvalue weighted by atomic mass is 9.95. The van der Waals surface area contributed by atoms with Gasteiger partial charge in [-0.2, -0.15) is 0 Å². The summed E-state index contributed by atoms with van der Waals surface area (Å²) < 4.78 is 12.0. The van der Waals surface area contributed by atoms with Crippen molar-refractivity contribution in [2.45, 2.75) is 62.8 Å². The summed E-state index contributed by atoms with van der Waals surface area (Å²) in [6.45, 7) is 2.79. The van der Waals surface area contributed by atoms with Crippen molar-refractivity contribution in [3.05, 3.63) is 24.0 Å². The van der Waals surface area contributed by atoms with Gasteiger partial charge in [-0.15, -0.1) is 0 Å². The van der Waals surface area contributed by atoms with Crippen molar-refractivity contribution < 1.29 is 9.00 Å². The molecule has 2 heterocycles. The zero-order valence-corrected chi connectivity index (χ0v) is 14.6. The standard InChI is InChI=1S/C17H27N3O2S/c1-2-23(22)14-7-3-6-13(12-14)19-17(21)20-11-5-9-16(20)15-8-4-10-18-15/h4,8,10,13-14,16,18H,2-3,5-7,9,11-12H2,1H3,(H,19,21)/t13-,14-,16-,23+/m1/s1. The first kappa shape index (κ1) is 16.6. The van der Waals surface area contributed by atoms with Gasteiger partial charge in [0.1, 0.15) is 0 Å². The van der Waals surface area contributed by atoms with Crippen LogP contribution in [0.3, 0.4) is 0 Å². The number of nitrogens with one attached hydrogen (secondary N) is 2. The summed E-state index contributed by atoms with van der Waals surface area (Å²) in [6, 6.07) is 4.40. The molecule has 0 spiro atoms. The Morgan fingerprint density at radius 2 is 2.26 bits per heavy atom. The van der Waals surface area contributed by atoms with Gasteiger partial charge in [-0.3, -0.25) is 4.21 Å². The van der Waals surface area contributed by atoms with Crippen LogP contribution in [-0.4, -0.2) is 43.7 Å². The van der Waals surface area contributed by atoms with E-state index < -0.39 is 10.8 Å². The number of carbonyl (C=O) groups excluding carboxylic acids is 1. The molecule has 2 aliphatic rings. The van der Waals surface area contributed by atoms with Crippen molar-refractivity contribution in [2.24, 2.45) is 0 Å². The number of nitrogens with zero attached hydrogens (tertiary/aromatic N) is 1. The van der Waals surface area contributed by atoms with E-state index in [1.807, 2.05) is 24.1 Å². The molecule has 0 aromatic carbocycles. The normalized spacial score (nSPS) is 29.4. The average Bonchev–Trinajstić information content (AvgIpc) is 3.24. The van der Waals surface area contributed by atoms with E-state index in [9.17, 15) is 9.00 Å². The van der Waals surface area contributed by atoms with E-state index >= 15 is 0 Å². The maximum absolute atomic E-state index is 12.7. The minimum absolute atomic E-state index is 0.0371. The van der Waals surface area contributed by atoms with Crippen molar-refractivity contribution in [2.75, 3.05) is 12.3 Å². The van der Waals surface area contributed by atoms with Gasteiger partial charge in [0.2, 0.25) is 0 Å². The Balaban J connectivity index is 1.59. The molecule has 1 aliphatic heterocycles. The van der Waals surface area contributed by atoms with Crippen LogP contribution in [0, 0.1) is 0 Å². The SMILES string of the molecule is CC[S@](=O)[C@@H]1CCC[C@@H](NC(=O)N2CCC[C@@H]2c2ccc[nH]2)C1. The number of likely N-dealkylation sites (tertiary alicyclic amines) is 1. The second kappa shape index (κ2) is 7.51. The van der Waals surface area contributed by atoms with E-state index in [0.29, 0.717) is 5.75 Å². The zero-order valence-electron chi connectivity index (χ0n) is 13.8. The zero-order chi connectivity index (χ0) is 16.2. The monoisotopic (exact) mass is 337 g/mol. The van der Waals surface area contributed by atoms with Crippen molar-refractivity contribution >= 4 is 16.8 Å². The van der Waals surface area contributed by atoms with E-state index in [0.717, 1.165) is 50.8 Å². The highest BCUT2D eigenvalue weighted by Crippen LogP contribution is 2.31. The minimum Gasteiger partial charge on any atom is -0.363 e. The number of hydrogen-bond acceptors (Lipinski definition) is 2. The third-order valence-electron chi connectivity index (χ3n) is 5.10. The summed E-state index contributed by atoms with van der Waals surface area (Å²) in [5.41, 5.74) is 1.12. The largest absolute Gasteiger partial charge is 0.363 e. The molecule has 0 unspecified atom stereocenters. The Kier molecular flexibility index (Phi) is 5.41. The number of amides is 2. The van der Waals surface area contributed by atoms with E-state index in [2.05, 4.69) is 16.4 Å². The first-order valence-corrected chi connectivity index (χ1v) is 10.1. The molecule has 5 nitrogen and oxygen atoms in total. The Morgan fingerprint density at radius 1 is 1.39 bits per heavy atom. The molecule has 0 bridgehead atoms. The Hall–Kier alpha value is -1.30. The molecule has 2 amide bonds. The molecule has 2 N–H and O–H groups in total. The maximum Gasteiger partial charge on any atom is 0.318 e. The highest BCUT2D eigenvalue weighted by atomic mass is 32.2. The predicted octanol–water partition coefficient (Wildman–Crippen LogP) is 2.94. The first-order valence-electron chi connectivity index (χ1n) is 8.76. The van der Waals surface area contributed by atoms with Gasteiger partial charge in [-0.05, 0) is 44.2 Å². The van der Waals surface area contributed by atoms with Crippen LogP contribution in [0.25, 0.3) is 0 Å². The fourth-order valence-corrected chi connectivity index (χ4v) is 5.24. The number of urea groups is 1. The van der Waals surface area contributed by atoms with Crippen molar-refractivity contribution in [3.8, 4) is 0 Å². The Bertz CT molecular complexity index is 546. The lowest BCUT2D eigenvalue weighted by Crippen LogP contribution is -2.47. The lowest BCUT2D eigenvalue weighted by molar-refractivity contribution is 0.184. The number of hydrogen-bond donors (Lipinski definition) is 2. The van der Waals surface area contributed by atoms with E-state index in [-0.39, 0.29) is 23.4 Å². The smallest absolute Gasteiger partial charge is 0.318 e. The molecule has 2 fully saturated rings. The van der Waals surface area contributed by atoms with Gasteiger partial charge < -0.3 is 15.2 Å². The molecular formula is C17H27N3O2S. The van der Waals surface area contributed by atoms with Crippen molar-refractivity contribution in [1.82, 2.24) is 15.2 Å². The molecule has 3 rings (SSSR count). The number of aromatic amines is 1. The first-order chi connectivity index (χ1) is 11.2. The van der Waals surface area contributed by atoms with Gasteiger partial charge in [0, 0.05) is 46.3 Å². The van der Waals surface area contributed by atoms with E-state index in [1.165, 1.54) is 0 Å². The number of rotatable bonds is 4. The van der Waals surface area contributed by atoms with Gasteiger partial charge in [0.25, 0.3) is 0 Å². The molecular weight excluding hydrogens is 310 g/mol. The van der Waals surface area contributed by atoms with Crippen LogP contribution in [-0.2, 0) is 10.8 Å². The predicted molar refractivity (Wildman–Crippen MR) is 92.7 cm³/mol. The number of H-pyrrole nitrogens is 1. The molecule has 1 saturated carbocycles. The molecule has 23 heavy (non-hydrogen) atoms. The summed E-state index contributed by atoms with van der Waals surface area (Å²) in [7, 11) is -0.752. The Labute approximate surface area is 140 Å². The molecule has 6 heteroatoms. The molecule has 128 valence electrons. The van der Waals surface area contributed by atoms with Gasteiger partial charge in [-0.25, -0.2) is 4.79 Å². The topological polar surface area (TPSA) is 65.2 Å². The summed E-state index contributed by atoms with van der Waals surface area (Å²) in [5, 5.41) is 3.45. The summed E-state index contributed by atoms with van der Waals surface area (Å²) in [4.78, 5) is 17.9. The van der Waals surface area contributed by atoms with Crippen LogP contribution in [0.1, 0.15) is 57.2 Å². The number of carbonyl (C=O) groups is 1. The van der Waals surface area contributed by atoms with Crippen LogP contribution in [0.15, 0.2) is 18.3 Å². The van der Waals surface area contributed by atoms with Crippen LogP contribution in [0.2, 0.25) is 0 Å². The molecule has 4 atom stereocenters. The van der Waals surface area contributed by atoms with Gasteiger partial charge >= 0.3 is 6.03 Å². The summed E-state index contributed by atoms with van der Waals surface area (Å²) in [6.07, 6.45) is 7.92. The van der Waals surface area contributed by atoms with Gasteiger partial charge in [0.05, 0.1) is 6.04 Å². The summed E-state index contributed by atoms with van der Waals surface area (Å²) in [5.74, 6) is 0.715. The summed E-state index contributed by atoms with van der Waals surface area (Å²) >= 11 is 0. The van der Waals surface area contributed by atoms with Gasteiger partial charge in [0.15, 0.2) is 0 Å².